The Kier molecular flexibility index (Phi) is 5.11. The average Bonchev–Trinajstić information content (AvgIpc) is 3.18. The van der Waals surface area contributed by atoms with Gasteiger partial charge in [-0.05, 0) is 65.8 Å². The number of aromatic amines is 1. The number of rotatable bonds is 4. The highest BCUT2D eigenvalue weighted by Gasteiger charge is 2.27. The third kappa shape index (κ3) is 3.58. The molecule has 0 saturated heterocycles. The molecule has 0 radical (unpaired) electrons. The molecule has 5 nitrogen and oxygen atoms in total. The van der Waals surface area contributed by atoms with Gasteiger partial charge >= 0.3 is 0 Å². The van der Waals surface area contributed by atoms with E-state index < -0.39 is 0 Å². The van der Waals surface area contributed by atoms with Gasteiger partial charge in [0.1, 0.15) is 5.71 Å². The van der Waals surface area contributed by atoms with Crippen molar-refractivity contribution in [2.75, 3.05) is 13.2 Å². The van der Waals surface area contributed by atoms with Crippen molar-refractivity contribution >= 4 is 33.1 Å². The first-order valence-electron chi connectivity index (χ1n) is 11.7. The fraction of sp³-hybridized carbons (Fsp3) is 0.250. The summed E-state index contributed by atoms with van der Waals surface area (Å²) in [6.07, 6.45) is 12.4. The van der Waals surface area contributed by atoms with Gasteiger partial charge in [-0.15, -0.1) is 0 Å². The van der Waals surface area contributed by atoms with Crippen LogP contribution in [0.4, 0.5) is 0 Å². The van der Waals surface area contributed by atoms with Gasteiger partial charge in [0, 0.05) is 36.5 Å². The predicted octanol–water partition coefficient (Wildman–Crippen LogP) is 5.26. The number of hydrogen-bond donors (Lipinski definition) is 2. The number of aliphatic imine (C=N–C) groups is 1. The molecule has 0 saturated carbocycles. The molecule has 6 rings (SSSR count). The molecule has 0 spiro atoms. The van der Waals surface area contributed by atoms with Gasteiger partial charge in [-0.1, -0.05) is 42.5 Å². The number of nitrogens with one attached hydrogen (secondary N) is 1. The summed E-state index contributed by atoms with van der Waals surface area (Å²) in [4.78, 5) is 18.0. The first kappa shape index (κ1) is 20.1. The lowest BCUT2D eigenvalue weighted by atomic mass is 9.81. The van der Waals surface area contributed by atoms with E-state index in [1.165, 1.54) is 16.5 Å². The van der Waals surface area contributed by atoms with E-state index in [4.69, 9.17) is 9.98 Å². The Morgan fingerprint density at radius 2 is 2.00 bits per heavy atom. The third-order valence-electron chi connectivity index (χ3n) is 6.81. The zero-order valence-corrected chi connectivity index (χ0v) is 18.5. The molecule has 2 aliphatic rings. The van der Waals surface area contributed by atoms with E-state index >= 15 is 0 Å². The second kappa shape index (κ2) is 8.41. The van der Waals surface area contributed by atoms with Gasteiger partial charge in [0.2, 0.25) is 0 Å². The number of hydrogen-bond acceptors (Lipinski definition) is 4. The van der Waals surface area contributed by atoms with Crippen LogP contribution >= 0.6 is 0 Å². The van der Waals surface area contributed by atoms with E-state index in [0.29, 0.717) is 12.3 Å². The van der Waals surface area contributed by atoms with Crippen LogP contribution in [0.3, 0.4) is 0 Å². The average molecular weight is 435 g/mol. The number of fused-ring (bicyclic) bond motifs is 3. The second-order valence-electron chi connectivity index (χ2n) is 8.84. The molecule has 2 aromatic heterocycles. The summed E-state index contributed by atoms with van der Waals surface area (Å²) < 4.78 is 0. The largest absolute Gasteiger partial charge is 0.396 e. The molecule has 1 atom stereocenters. The van der Waals surface area contributed by atoms with Gasteiger partial charge in [0.05, 0.1) is 11.0 Å². The molecule has 1 unspecified atom stereocenters. The summed E-state index contributed by atoms with van der Waals surface area (Å²) in [6.45, 7) is 0.928. The summed E-state index contributed by atoms with van der Waals surface area (Å²) in [5, 5.41) is 11.8. The van der Waals surface area contributed by atoms with Gasteiger partial charge in [-0.2, -0.15) is 0 Å². The minimum absolute atomic E-state index is 0.114. The zero-order chi connectivity index (χ0) is 22.2. The number of pyridine rings is 1. The number of H-pyrrole nitrogens is 1. The molecule has 3 heterocycles. The first-order valence-corrected chi connectivity index (χ1v) is 11.7. The highest BCUT2D eigenvalue weighted by Crippen LogP contribution is 2.37. The van der Waals surface area contributed by atoms with Crippen LogP contribution in [0, 0.1) is 5.92 Å². The number of allylic oxidation sites excluding steroid dienone is 4. The molecule has 0 fully saturated rings. The van der Waals surface area contributed by atoms with Crippen LogP contribution < -0.4 is 0 Å². The number of nitrogens with zero attached hydrogens (tertiary/aromatic N) is 3. The van der Waals surface area contributed by atoms with E-state index in [-0.39, 0.29) is 6.61 Å². The molecular formula is C28H26N4O. The van der Waals surface area contributed by atoms with Crippen LogP contribution in [-0.2, 0) is 6.42 Å². The van der Waals surface area contributed by atoms with Crippen LogP contribution in [0.1, 0.15) is 36.2 Å². The molecule has 4 aromatic rings. The standard InChI is InChI=1S/C28H26N4O/c33-14-12-19-6-3-9-25-26(19)32-28(31-25)27-23-15-20(11-10-18(23)7-4-13-30-27)24-17-29-16-21-5-1-2-8-22(21)24/h1-3,5-6,8-9,11,15-18,33H,4,7,10,12-14H2,(H,31,32). The minimum Gasteiger partial charge on any atom is -0.396 e. The van der Waals surface area contributed by atoms with Crippen LogP contribution in [0.2, 0.25) is 0 Å². The van der Waals surface area contributed by atoms with E-state index in [2.05, 4.69) is 46.4 Å². The SMILES string of the molecule is OCCc1cccc2[nH]c(C3=NCCCC4CC=C(c5cncc6ccccc56)C=C34)nc12. The summed E-state index contributed by atoms with van der Waals surface area (Å²) in [7, 11) is 0. The molecule has 1 aliphatic carbocycles. The topological polar surface area (TPSA) is 74.2 Å². The normalized spacial score (nSPS) is 18.5. The Morgan fingerprint density at radius 3 is 2.94 bits per heavy atom. The fourth-order valence-electron chi connectivity index (χ4n) is 5.17. The Morgan fingerprint density at radius 1 is 1.06 bits per heavy atom. The van der Waals surface area contributed by atoms with E-state index in [9.17, 15) is 5.11 Å². The van der Waals surface area contributed by atoms with E-state index in [0.717, 1.165) is 64.9 Å². The lowest BCUT2D eigenvalue weighted by Gasteiger charge is -2.23. The van der Waals surface area contributed by atoms with Gasteiger partial charge in [0.25, 0.3) is 0 Å². The van der Waals surface area contributed by atoms with Gasteiger partial charge in [0.15, 0.2) is 5.82 Å². The molecule has 0 bridgehead atoms. The van der Waals surface area contributed by atoms with Crippen LogP contribution in [0.5, 0.6) is 0 Å². The maximum absolute atomic E-state index is 9.46. The van der Waals surface area contributed by atoms with E-state index in [1.54, 1.807) is 0 Å². The third-order valence-corrected chi connectivity index (χ3v) is 6.81. The predicted molar refractivity (Wildman–Crippen MR) is 133 cm³/mol. The van der Waals surface area contributed by atoms with Crippen molar-refractivity contribution in [3.63, 3.8) is 0 Å². The summed E-state index contributed by atoms with van der Waals surface area (Å²) in [6, 6.07) is 14.5. The number of benzene rings is 2. The van der Waals surface area contributed by atoms with Crippen molar-refractivity contribution in [3.05, 3.63) is 89.5 Å². The second-order valence-corrected chi connectivity index (χ2v) is 8.84. The lowest BCUT2D eigenvalue weighted by Crippen LogP contribution is -2.17. The first-order chi connectivity index (χ1) is 16.3. The summed E-state index contributed by atoms with van der Waals surface area (Å²) >= 11 is 0. The summed E-state index contributed by atoms with van der Waals surface area (Å²) in [5.74, 6) is 1.27. The quantitative estimate of drug-likeness (QED) is 0.460. The van der Waals surface area contributed by atoms with Crippen LogP contribution in [0.15, 0.2) is 77.6 Å². The van der Waals surface area contributed by atoms with Crippen molar-refractivity contribution in [3.8, 4) is 0 Å². The lowest BCUT2D eigenvalue weighted by molar-refractivity contribution is 0.300. The van der Waals surface area contributed by atoms with Crippen molar-refractivity contribution in [1.29, 1.82) is 0 Å². The Balaban J connectivity index is 1.46. The maximum Gasteiger partial charge on any atom is 0.157 e. The zero-order valence-electron chi connectivity index (χ0n) is 18.5. The highest BCUT2D eigenvalue weighted by atomic mass is 16.2. The highest BCUT2D eigenvalue weighted by molar-refractivity contribution is 6.14. The van der Waals surface area contributed by atoms with Gasteiger partial charge in [-0.3, -0.25) is 9.98 Å². The van der Waals surface area contributed by atoms with Crippen molar-refractivity contribution in [2.45, 2.75) is 25.7 Å². The Hall–Kier alpha value is -3.57. The van der Waals surface area contributed by atoms with Crippen LogP contribution in [-0.4, -0.2) is 38.9 Å². The Bertz CT molecular complexity index is 1440. The molecule has 2 N–H and O–H groups in total. The number of aliphatic hydroxyl groups excluding tert-OH is 1. The molecule has 0 amide bonds. The smallest absolute Gasteiger partial charge is 0.157 e. The molecule has 1 aliphatic heterocycles. The van der Waals surface area contributed by atoms with Crippen LogP contribution in [0.25, 0.3) is 27.4 Å². The van der Waals surface area contributed by atoms with E-state index in [1.807, 2.05) is 30.6 Å². The number of aliphatic hydroxyl groups is 1. The maximum atomic E-state index is 9.46. The van der Waals surface area contributed by atoms with Crippen molar-refractivity contribution < 1.29 is 5.11 Å². The van der Waals surface area contributed by atoms with Gasteiger partial charge < -0.3 is 10.1 Å². The monoisotopic (exact) mass is 434 g/mol. The van der Waals surface area contributed by atoms with Gasteiger partial charge in [-0.25, -0.2) is 4.98 Å². The number of imidazole rings is 1. The minimum atomic E-state index is 0.114. The van der Waals surface area contributed by atoms with Crippen molar-refractivity contribution in [2.24, 2.45) is 10.9 Å². The fourth-order valence-corrected chi connectivity index (χ4v) is 5.17. The Labute approximate surface area is 192 Å². The molecule has 164 valence electrons. The summed E-state index contributed by atoms with van der Waals surface area (Å²) in [5.41, 5.74) is 7.58. The van der Waals surface area contributed by atoms with Crippen molar-refractivity contribution in [1.82, 2.24) is 15.0 Å². The molecular weight excluding hydrogens is 408 g/mol. The molecule has 2 aromatic carbocycles. The number of aromatic nitrogens is 3. The number of para-hydroxylation sites is 1. The molecule has 5 heteroatoms. The molecule has 33 heavy (non-hydrogen) atoms.